The zero-order valence-corrected chi connectivity index (χ0v) is 15.2. The molecule has 21 heavy (non-hydrogen) atoms. The molecule has 0 aliphatic carbocycles. The average Bonchev–Trinajstić information content (AvgIpc) is 2.46. The summed E-state index contributed by atoms with van der Waals surface area (Å²) in [6, 6.07) is 0. The summed E-state index contributed by atoms with van der Waals surface area (Å²) in [7, 11) is 4.33. The maximum absolute atomic E-state index is 2.41. The predicted molar refractivity (Wildman–Crippen MR) is 98.0 cm³/mol. The molecule has 126 valence electrons. The Bertz CT molecular complexity index is 208. The minimum Gasteiger partial charge on any atom is -0.309 e. The third-order valence-corrected chi connectivity index (χ3v) is 4.12. The summed E-state index contributed by atoms with van der Waals surface area (Å²) in [5.41, 5.74) is 0. The highest BCUT2D eigenvalue weighted by Gasteiger charge is 1.92. The van der Waals surface area contributed by atoms with Crippen molar-refractivity contribution in [1.29, 1.82) is 0 Å². The van der Waals surface area contributed by atoms with Crippen molar-refractivity contribution >= 4 is 0 Å². The van der Waals surface area contributed by atoms with Crippen molar-refractivity contribution in [2.75, 3.05) is 20.6 Å². The smallest absolute Gasteiger partial charge is 0.00248 e. The molecule has 0 rings (SSSR count). The second-order valence-corrected chi connectivity index (χ2v) is 6.74. The van der Waals surface area contributed by atoms with Gasteiger partial charge in [-0.15, -0.1) is 0 Å². The highest BCUT2D eigenvalue weighted by atomic mass is 15.0. The topological polar surface area (TPSA) is 3.24 Å². The van der Waals surface area contributed by atoms with Crippen LogP contribution in [0.4, 0.5) is 0 Å². The third kappa shape index (κ3) is 19.7. The summed E-state index contributed by atoms with van der Waals surface area (Å²) in [5, 5.41) is 0. The van der Waals surface area contributed by atoms with Gasteiger partial charge in [0.25, 0.3) is 0 Å². The summed E-state index contributed by atoms with van der Waals surface area (Å²) >= 11 is 0. The number of hydrogen-bond donors (Lipinski definition) is 0. The fourth-order valence-corrected chi connectivity index (χ4v) is 2.68. The van der Waals surface area contributed by atoms with Crippen LogP contribution < -0.4 is 0 Å². The molecule has 0 bridgehead atoms. The number of rotatable bonds is 16. The van der Waals surface area contributed by atoms with Crippen molar-refractivity contribution in [3.63, 3.8) is 0 Å². The van der Waals surface area contributed by atoms with E-state index in [1.165, 1.54) is 96.4 Å². The minimum absolute atomic E-state index is 1.25. The van der Waals surface area contributed by atoms with Crippen LogP contribution in [0, 0.1) is 0 Å². The van der Waals surface area contributed by atoms with Crippen LogP contribution >= 0.6 is 0 Å². The molecular formula is C20H41N. The van der Waals surface area contributed by atoms with Gasteiger partial charge in [-0.25, -0.2) is 0 Å². The largest absolute Gasteiger partial charge is 0.309 e. The van der Waals surface area contributed by atoms with E-state index < -0.39 is 0 Å². The Morgan fingerprint density at radius 1 is 0.571 bits per heavy atom. The molecule has 0 atom stereocenters. The van der Waals surface area contributed by atoms with Crippen LogP contribution in [0.1, 0.15) is 96.8 Å². The molecule has 1 heteroatoms. The van der Waals surface area contributed by atoms with Gasteiger partial charge in [-0.2, -0.15) is 0 Å². The summed E-state index contributed by atoms with van der Waals surface area (Å²) < 4.78 is 0. The summed E-state index contributed by atoms with van der Waals surface area (Å²) in [4.78, 5) is 2.29. The van der Waals surface area contributed by atoms with E-state index in [9.17, 15) is 0 Å². The van der Waals surface area contributed by atoms with Crippen LogP contribution in [0.15, 0.2) is 12.2 Å². The van der Waals surface area contributed by atoms with E-state index in [-0.39, 0.29) is 0 Å². The first-order chi connectivity index (χ1) is 10.3. The highest BCUT2D eigenvalue weighted by Crippen LogP contribution is 2.09. The molecule has 0 N–H and O–H groups in total. The zero-order valence-electron chi connectivity index (χ0n) is 15.2. The van der Waals surface area contributed by atoms with Crippen molar-refractivity contribution < 1.29 is 0 Å². The van der Waals surface area contributed by atoms with E-state index >= 15 is 0 Å². The van der Waals surface area contributed by atoms with Crippen LogP contribution in [0.5, 0.6) is 0 Å². The average molecular weight is 296 g/mol. The molecule has 0 heterocycles. The number of hydrogen-bond acceptors (Lipinski definition) is 1. The Balaban J connectivity index is 3.05. The second-order valence-electron chi connectivity index (χ2n) is 6.74. The molecule has 0 aliphatic rings. The molecule has 0 aliphatic heterocycles. The lowest BCUT2D eigenvalue weighted by Gasteiger charge is -2.08. The first kappa shape index (κ1) is 20.7. The van der Waals surface area contributed by atoms with Gasteiger partial charge in [-0.3, -0.25) is 0 Å². The lowest BCUT2D eigenvalue weighted by molar-refractivity contribution is 0.389. The fourth-order valence-electron chi connectivity index (χ4n) is 2.68. The molecule has 0 aromatic heterocycles. The number of nitrogens with zero attached hydrogens (tertiary/aromatic N) is 1. The van der Waals surface area contributed by atoms with Gasteiger partial charge in [-0.1, -0.05) is 76.9 Å². The summed E-state index contributed by atoms with van der Waals surface area (Å²) in [5.74, 6) is 0. The van der Waals surface area contributed by atoms with Crippen LogP contribution in [0.2, 0.25) is 0 Å². The van der Waals surface area contributed by atoms with E-state index in [1.54, 1.807) is 0 Å². The molecule has 0 aromatic rings. The number of allylic oxidation sites excluding steroid dienone is 2. The van der Waals surface area contributed by atoms with Crippen molar-refractivity contribution in [3.05, 3.63) is 12.2 Å². The molecule has 0 saturated carbocycles. The summed E-state index contributed by atoms with van der Waals surface area (Å²) in [6.07, 6.45) is 24.3. The fraction of sp³-hybridized carbons (Fsp3) is 0.900. The van der Waals surface area contributed by atoms with Gasteiger partial charge in [0.1, 0.15) is 0 Å². The Kier molecular flexibility index (Phi) is 17.5. The molecule has 0 unspecified atom stereocenters. The molecule has 1 nitrogen and oxygen atoms in total. The molecule has 0 saturated heterocycles. The highest BCUT2D eigenvalue weighted by molar-refractivity contribution is 4.81. The molecule has 0 fully saturated rings. The molecule has 0 radical (unpaired) electrons. The van der Waals surface area contributed by atoms with Gasteiger partial charge < -0.3 is 4.90 Å². The van der Waals surface area contributed by atoms with Crippen molar-refractivity contribution in [2.24, 2.45) is 0 Å². The van der Waals surface area contributed by atoms with Crippen LogP contribution in [0.3, 0.4) is 0 Å². The summed E-state index contributed by atoms with van der Waals surface area (Å²) in [6.45, 7) is 3.54. The van der Waals surface area contributed by atoms with Gasteiger partial charge in [0.2, 0.25) is 0 Å². The van der Waals surface area contributed by atoms with Crippen molar-refractivity contribution in [1.82, 2.24) is 4.90 Å². The third-order valence-electron chi connectivity index (χ3n) is 4.12. The van der Waals surface area contributed by atoms with E-state index in [2.05, 4.69) is 38.1 Å². The normalized spacial score (nSPS) is 11.8. The van der Waals surface area contributed by atoms with Gasteiger partial charge in [0, 0.05) is 0 Å². The predicted octanol–water partition coefficient (Wildman–Crippen LogP) is 6.59. The minimum atomic E-state index is 1.25. The Morgan fingerprint density at radius 3 is 1.48 bits per heavy atom. The maximum Gasteiger partial charge on any atom is -0.00248 e. The quantitative estimate of drug-likeness (QED) is 0.229. The first-order valence-corrected chi connectivity index (χ1v) is 9.57. The molecule has 0 aromatic carbocycles. The lowest BCUT2D eigenvalue weighted by atomic mass is 10.1. The Labute approximate surface area is 135 Å². The molecular weight excluding hydrogens is 254 g/mol. The Morgan fingerprint density at radius 2 is 1.00 bits per heavy atom. The number of unbranched alkanes of at least 4 members (excludes halogenated alkanes) is 12. The van der Waals surface area contributed by atoms with E-state index in [0.29, 0.717) is 0 Å². The van der Waals surface area contributed by atoms with E-state index in [4.69, 9.17) is 0 Å². The van der Waals surface area contributed by atoms with Crippen molar-refractivity contribution in [2.45, 2.75) is 96.8 Å². The first-order valence-electron chi connectivity index (χ1n) is 9.57. The SMILES string of the molecule is CCCCCCCC/C=C/CCCCCCCCN(C)C. The van der Waals surface area contributed by atoms with Crippen LogP contribution in [-0.4, -0.2) is 25.5 Å². The van der Waals surface area contributed by atoms with Crippen LogP contribution in [-0.2, 0) is 0 Å². The lowest BCUT2D eigenvalue weighted by Crippen LogP contribution is -2.12. The Hall–Kier alpha value is -0.300. The maximum atomic E-state index is 2.41. The van der Waals surface area contributed by atoms with E-state index in [1.807, 2.05) is 0 Å². The molecule has 0 spiro atoms. The van der Waals surface area contributed by atoms with E-state index in [0.717, 1.165) is 0 Å². The van der Waals surface area contributed by atoms with Gasteiger partial charge in [0.15, 0.2) is 0 Å². The second kappa shape index (κ2) is 17.8. The standard InChI is InChI=1S/C20H41N/c1-4-5-6-7-8-9-10-11-12-13-14-15-16-17-18-19-20-21(2)3/h11-12H,4-10,13-20H2,1-3H3/b12-11+. The monoisotopic (exact) mass is 295 g/mol. The van der Waals surface area contributed by atoms with Gasteiger partial charge in [0.05, 0.1) is 0 Å². The van der Waals surface area contributed by atoms with Gasteiger partial charge >= 0.3 is 0 Å². The van der Waals surface area contributed by atoms with Gasteiger partial charge in [-0.05, 0) is 52.7 Å². The van der Waals surface area contributed by atoms with Crippen LogP contribution in [0.25, 0.3) is 0 Å². The zero-order chi connectivity index (χ0) is 15.6. The molecule has 0 amide bonds. The van der Waals surface area contributed by atoms with Crippen molar-refractivity contribution in [3.8, 4) is 0 Å².